The summed E-state index contributed by atoms with van der Waals surface area (Å²) in [5, 5.41) is 11.7. The van der Waals surface area contributed by atoms with Crippen LogP contribution >= 0.6 is 0 Å². The van der Waals surface area contributed by atoms with Gasteiger partial charge in [-0.05, 0) is 31.0 Å². The highest BCUT2D eigenvalue weighted by atomic mass is 19.1. The lowest BCUT2D eigenvalue weighted by Gasteiger charge is -2.10. The molecule has 0 aromatic heterocycles. The summed E-state index contributed by atoms with van der Waals surface area (Å²) in [5.41, 5.74) is 0.766. The largest absolute Gasteiger partial charge is 0.478 e. The third-order valence-corrected chi connectivity index (χ3v) is 2.47. The summed E-state index contributed by atoms with van der Waals surface area (Å²) in [6.45, 7) is 0.575. The van der Waals surface area contributed by atoms with E-state index in [1.165, 1.54) is 25.0 Å². The van der Waals surface area contributed by atoms with Gasteiger partial charge in [0.15, 0.2) is 6.61 Å². The fourth-order valence-corrected chi connectivity index (χ4v) is 1.48. The van der Waals surface area contributed by atoms with Gasteiger partial charge in [0.2, 0.25) is 0 Å². The lowest BCUT2D eigenvalue weighted by atomic mass is 10.2. The first-order chi connectivity index (χ1) is 7.79. The Labute approximate surface area is 93.8 Å². The Morgan fingerprint density at radius 3 is 3.00 bits per heavy atom. The van der Waals surface area contributed by atoms with Crippen LogP contribution in [0.1, 0.15) is 18.4 Å². The maximum Gasteiger partial charge on any atom is 0.174 e. The number of nitrogens with zero attached hydrogens (tertiary/aromatic N) is 1. The van der Waals surface area contributed by atoms with Crippen LogP contribution in [0.15, 0.2) is 18.2 Å². The molecule has 1 fully saturated rings. The van der Waals surface area contributed by atoms with Gasteiger partial charge in [0.25, 0.3) is 0 Å². The molecule has 0 amide bonds. The van der Waals surface area contributed by atoms with Gasteiger partial charge in [-0.3, -0.25) is 0 Å². The van der Waals surface area contributed by atoms with E-state index in [1.807, 2.05) is 6.07 Å². The van der Waals surface area contributed by atoms with Crippen LogP contribution in [0, 0.1) is 17.1 Å². The van der Waals surface area contributed by atoms with E-state index in [-0.39, 0.29) is 12.4 Å². The molecule has 0 bridgehead atoms. The summed E-state index contributed by atoms with van der Waals surface area (Å²) in [7, 11) is 0. The standard InChI is InChI=1S/C12H13FN2O/c13-10-1-4-12(16-6-5-14)9(7-10)8-15-11-2-3-11/h1,4,7,11,15H,2-3,6,8H2. The molecular formula is C12H13FN2O. The van der Waals surface area contributed by atoms with Crippen LogP contribution in [0.3, 0.4) is 0 Å². The first kappa shape index (κ1) is 10.9. The summed E-state index contributed by atoms with van der Waals surface area (Å²) in [4.78, 5) is 0. The highest BCUT2D eigenvalue weighted by molar-refractivity contribution is 5.34. The minimum Gasteiger partial charge on any atom is -0.478 e. The maximum atomic E-state index is 13.1. The topological polar surface area (TPSA) is 45.0 Å². The molecular weight excluding hydrogens is 207 g/mol. The van der Waals surface area contributed by atoms with E-state index in [4.69, 9.17) is 10.00 Å². The van der Waals surface area contributed by atoms with Gasteiger partial charge in [-0.25, -0.2) is 4.39 Å². The summed E-state index contributed by atoms with van der Waals surface area (Å²) in [6, 6.07) is 6.81. The first-order valence-electron chi connectivity index (χ1n) is 5.31. The Morgan fingerprint density at radius 2 is 2.31 bits per heavy atom. The van der Waals surface area contributed by atoms with E-state index >= 15 is 0 Å². The number of nitrogens with one attached hydrogen (secondary N) is 1. The first-order valence-corrected chi connectivity index (χ1v) is 5.31. The number of rotatable bonds is 5. The molecule has 0 spiro atoms. The summed E-state index contributed by atoms with van der Waals surface area (Å²) in [5.74, 6) is 0.299. The number of ether oxygens (including phenoxy) is 1. The van der Waals surface area contributed by atoms with E-state index < -0.39 is 0 Å². The monoisotopic (exact) mass is 220 g/mol. The molecule has 0 unspecified atom stereocenters. The number of hydrogen-bond acceptors (Lipinski definition) is 3. The highest BCUT2D eigenvalue weighted by Crippen LogP contribution is 2.23. The Hall–Kier alpha value is -1.60. The van der Waals surface area contributed by atoms with Crippen molar-refractivity contribution in [2.45, 2.75) is 25.4 Å². The van der Waals surface area contributed by atoms with Gasteiger partial charge in [0.05, 0.1) is 0 Å². The van der Waals surface area contributed by atoms with Gasteiger partial charge >= 0.3 is 0 Å². The van der Waals surface area contributed by atoms with Crippen molar-refractivity contribution >= 4 is 0 Å². The highest BCUT2D eigenvalue weighted by Gasteiger charge is 2.20. The molecule has 1 aliphatic carbocycles. The second kappa shape index (κ2) is 4.95. The van der Waals surface area contributed by atoms with Crippen LogP contribution in [0.2, 0.25) is 0 Å². The molecule has 1 aromatic rings. The molecule has 0 aliphatic heterocycles. The predicted octanol–water partition coefficient (Wildman–Crippen LogP) is 1.98. The van der Waals surface area contributed by atoms with Gasteiger partial charge < -0.3 is 10.1 Å². The van der Waals surface area contributed by atoms with E-state index in [1.54, 1.807) is 6.07 Å². The second-order valence-electron chi connectivity index (χ2n) is 3.85. The molecule has 1 aliphatic rings. The van der Waals surface area contributed by atoms with Crippen LogP contribution in [-0.2, 0) is 6.54 Å². The summed E-state index contributed by atoms with van der Waals surface area (Å²) >= 11 is 0. The Morgan fingerprint density at radius 1 is 1.50 bits per heavy atom. The van der Waals surface area contributed by atoms with E-state index in [2.05, 4.69) is 5.32 Å². The third kappa shape index (κ3) is 2.94. The van der Waals surface area contributed by atoms with Gasteiger partial charge in [-0.1, -0.05) is 0 Å². The molecule has 2 rings (SSSR count). The molecule has 3 nitrogen and oxygen atoms in total. The lowest BCUT2D eigenvalue weighted by Crippen LogP contribution is -2.16. The SMILES string of the molecule is N#CCOc1ccc(F)cc1CNC1CC1. The van der Waals surface area contributed by atoms with Gasteiger partial charge in [0, 0.05) is 18.2 Å². The third-order valence-electron chi connectivity index (χ3n) is 2.47. The zero-order chi connectivity index (χ0) is 11.4. The van der Waals surface area contributed by atoms with E-state index in [0.29, 0.717) is 18.3 Å². The van der Waals surface area contributed by atoms with Crippen molar-refractivity contribution in [1.29, 1.82) is 5.26 Å². The van der Waals surface area contributed by atoms with Gasteiger partial charge in [-0.2, -0.15) is 5.26 Å². The molecule has 4 heteroatoms. The Kier molecular flexibility index (Phi) is 3.37. The lowest BCUT2D eigenvalue weighted by molar-refractivity contribution is 0.361. The van der Waals surface area contributed by atoms with Crippen molar-refractivity contribution in [3.8, 4) is 11.8 Å². The van der Waals surface area contributed by atoms with Crippen LogP contribution in [0.5, 0.6) is 5.75 Å². The average molecular weight is 220 g/mol. The predicted molar refractivity (Wildman–Crippen MR) is 57.4 cm³/mol. The van der Waals surface area contributed by atoms with Crippen molar-refractivity contribution in [3.63, 3.8) is 0 Å². The Balaban J connectivity index is 2.04. The van der Waals surface area contributed by atoms with Crippen molar-refractivity contribution < 1.29 is 9.13 Å². The smallest absolute Gasteiger partial charge is 0.174 e. The van der Waals surface area contributed by atoms with Crippen molar-refractivity contribution in [3.05, 3.63) is 29.6 Å². The minimum atomic E-state index is -0.281. The van der Waals surface area contributed by atoms with Crippen LogP contribution < -0.4 is 10.1 Å². The average Bonchev–Trinajstić information content (AvgIpc) is 3.09. The Bertz CT molecular complexity index is 410. The molecule has 0 atom stereocenters. The molecule has 1 aromatic carbocycles. The molecule has 0 heterocycles. The maximum absolute atomic E-state index is 13.1. The molecule has 16 heavy (non-hydrogen) atoms. The van der Waals surface area contributed by atoms with Crippen LogP contribution in [-0.4, -0.2) is 12.6 Å². The number of nitriles is 1. The minimum absolute atomic E-state index is 0.0118. The normalized spacial score (nSPS) is 14.5. The number of benzene rings is 1. The molecule has 0 saturated heterocycles. The zero-order valence-corrected chi connectivity index (χ0v) is 8.87. The number of halogens is 1. The number of hydrogen-bond donors (Lipinski definition) is 1. The van der Waals surface area contributed by atoms with Crippen molar-refractivity contribution in [1.82, 2.24) is 5.32 Å². The van der Waals surface area contributed by atoms with Crippen molar-refractivity contribution in [2.24, 2.45) is 0 Å². The fourth-order valence-electron chi connectivity index (χ4n) is 1.48. The van der Waals surface area contributed by atoms with Gasteiger partial charge in [0.1, 0.15) is 17.6 Å². The molecule has 84 valence electrons. The van der Waals surface area contributed by atoms with Gasteiger partial charge in [-0.15, -0.1) is 0 Å². The van der Waals surface area contributed by atoms with Crippen LogP contribution in [0.4, 0.5) is 4.39 Å². The van der Waals surface area contributed by atoms with Crippen LogP contribution in [0.25, 0.3) is 0 Å². The molecule has 0 radical (unpaired) electrons. The molecule has 1 N–H and O–H groups in total. The van der Waals surface area contributed by atoms with Crippen molar-refractivity contribution in [2.75, 3.05) is 6.61 Å². The summed E-state index contributed by atoms with van der Waals surface area (Å²) < 4.78 is 18.3. The van der Waals surface area contributed by atoms with E-state index in [9.17, 15) is 4.39 Å². The molecule has 1 saturated carbocycles. The fraction of sp³-hybridized carbons (Fsp3) is 0.417. The summed E-state index contributed by atoms with van der Waals surface area (Å²) in [6.07, 6.45) is 2.37. The second-order valence-corrected chi connectivity index (χ2v) is 3.85. The quantitative estimate of drug-likeness (QED) is 0.825. The van der Waals surface area contributed by atoms with E-state index in [0.717, 1.165) is 5.56 Å². The zero-order valence-electron chi connectivity index (χ0n) is 8.87.